The fourth-order valence-corrected chi connectivity index (χ4v) is 4.58. The summed E-state index contributed by atoms with van der Waals surface area (Å²) in [4.78, 5) is 12.7. The average molecular weight is 357 g/mol. The van der Waals surface area contributed by atoms with Gasteiger partial charge in [0.15, 0.2) is 5.78 Å². The molecular weight excluding hydrogens is 324 g/mol. The fraction of sp³-hybridized carbons (Fsp3) is 0.609. The number of hydrogen-bond acceptors (Lipinski definition) is 3. The van der Waals surface area contributed by atoms with Crippen LogP contribution in [0.3, 0.4) is 0 Å². The predicted molar refractivity (Wildman–Crippen MR) is 105 cm³/mol. The van der Waals surface area contributed by atoms with Gasteiger partial charge in [-0.05, 0) is 76.1 Å². The summed E-state index contributed by atoms with van der Waals surface area (Å²) in [7, 11) is 1.69. The maximum atomic E-state index is 12.7. The van der Waals surface area contributed by atoms with E-state index >= 15 is 0 Å². The molecule has 0 bridgehead atoms. The normalized spacial score (nSPS) is 26.2. The van der Waals surface area contributed by atoms with E-state index in [1.54, 1.807) is 7.11 Å². The molecule has 0 N–H and O–H groups in total. The van der Waals surface area contributed by atoms with Crippen molar-refractivity contribution in [3.05, 3.63) is 41.0 Å². The first-order chi connectivity index (χ1) is 12.2. The summed E-state index contributed by atoms with van der Waals surface area (Å²) < 4.78 is 11.7. The van der Waals surface area contributed by atoms with Gasteiger partial charge in [-0.3, -0.25) is 4.79 Å². The van der Waals surface area contributed by atoms with E-state index in [0.717, 1.165) is 43.4 Å². The molecule has 0 aliphatic heterocycles. The van der Waals surface area contributed by atoms with E-state index in [9.17, 15) is 4.79 Å². The highest BCUT2D eigenvalue weighted by Crippen LogP contribution is 2.53. The number of allylic oxidation sites excluding steroid dienone is 1. The Labute approximate surface area is 157 Å². The number of ketones is 1. The summed E-state index contributed by atoms with van der Waals surface area (Å²) in [5, 5.41) is 0. The molecule has 2 atom stereocenters. The molecule has 0 spiro atoms. The molecule has 3 heteroatoms. The molecule has 1 saturated carbocycles. The highest BCUT2D eigenvalue weighted by Gasteiger charge is 2.48. The second-order valence-corrected chi connectivity index (χ2v) is 8.91. The number of fused-ring (bicyclic) bond motifs is 1. The van der Waals surface area contributed by atoms with Gasteiger partial charge in [-0.25, -0.2) is 0 Å². The maximum absolute atomic E-state index is 12.7. The molecule has 0 saturated heterocycles. The van der Waals surface area contributed by atoms with Crippen molar-refractivity contribution in [2.75, 3.05) is 7.11 Å². The van der Waals surface area contributed by atoms with Crippen LogP contribution in [0.15, 0.2) is 35.4 Å². The SMILES string of the molecule is COc1cccc(CCC2=C3CC[C@@H](OC(C)(C)C)C3(C)CCC2=O)c1. The quantitative estimate of drug-likeness (QED) is 0.721. The van der Waals surface area contributed by atoms with Crippen LogP contribution in [0, 0.1) is 5.41 Å². The first-order valence-electron chi connectivity index (χ1n) is 9.79. The molecule has 1 aromatic rings. The van der Waals surface area contributed by atoms with E-state index in [2.05, 4.69) is 39.8 Å². The van der Waals surface area contributed by atoms with Gasteiger partial charge in [0.1, 0.15) is 5.75 Å². The van der Waals surface area contributed by atoms with Gasteiger partial charge >= 0.3 is 0 Å². The van der Waals surface area contributed by atoms with Crippen LogP contribution in [0.1, 0.15) is 65.4 Å². The molecule has 3 nitrogen and oxygen atoms in total. The summed E-state index contributed by atoms with van der Waals surface area (Å²) in [6.07, 6.45) is 5.51. The van der Waals surface area contributed by atoms with Crippen LogP contribution in [0.2, 0.25) is 0 Å². The van der Waals surface area contributed by atoms with E-state index in [1.807, 2.05) is 12.1 Å². The molecule has 142 valence electrons. The van der Waals surface area contributed by atoms with Gasteiger partial charge in [0, 0.05) is 11.8 Å². The van der Waals surface area contributed by atoms with E-state index in [1.165, 1.54) is 11.1 Å². The Morgan fingerprint density at radius 1 is 1.19 bits per heavy atom. The summed E-state index contributed by atoms with van der Waals surface area (Å²) in [5.41, 5.74) is 3.53. The van der Waals surface area contributed by atoms with Gasteiger partial charge in [-0.2, -0.15) is 0 Å². The van der Waals surface area contributed by atoms with Crippen molar-refractivity contribution < 1.29 is 14.3 Å². The highest BCUT2D eigenvalue weighted by molar-refractivity contribution is 5.97. The lowest BCUT2D eigenvalue weighted by atomic mass is 9.70. The molecule has 26 heavy (non-hydrogen) atoms. The van der Waals surface area contributed by atoms with Gasteiger partial charge < -0.3 is 9.47 Å². The number of Topliss-reactive ketones (excluding diaryl/α,β-unsaturated/α-hetero) is 1. The Hall–Kier alpha value is -1.61. The smallest absolute Gasteiger partial charge is 0.158 e. The number of benzene rings is 1. The van der Waals surface area contributed by atoms with Gasteiger partial charge in [0.25, 0.3) is 0 Å². The lowest BCUT2D eigenvalue weighted by Gasteiger charge is -2.40. The predicted octanol–water partition coefficient (Wildman–Crippen LogP) is 5.27. The first kappa shape index (κ1) is 19.2. The van der Waals surface area contributed by atoms with Gasteiger partial charge in [0.05, 0.1) is 18.8 Å². The third kappa shape index (κ3) is 3.88. The number of hydrogen-bond donors (Lipinski definition) is 0. The summed E-state index contributed by atoms with van der Waals surface area (Å²) in [6.45, 7) is 8.67. The van der Waals surface area contributed by atoms with Gasteiger partial charge in [0.2, 0.25) is 0 Å². The molecule has 1 aromatic carbocycles. The van der Waals surface area contributed by atoms with Crippen LogP contribution < -0.4 is 4.74 Å². The number of methoxy groups -OCH3 is 1. The molecular formula is C23H32O3. The van der Waals surface area contributed by atoms with Crippen molar-refractivity contribution in [3.63, 3.8) is 0 Å². The molecule has 2 aliphatic rings. The lowest BCUT2D eigenvalue weighted by Crippen LogP contribution is -2.39. The zero-order valence-electron chi connectivity index (χ0n) is 16.9. The van der Waals surface area contributed by atoms with Crippen molar-refractivity contribution in [1.29, 1.82) is 0 Å². The van der Waals surface area contributed by atoms with Crippen LogP contribution >= 0.6 is 0 Å². The molecule has 0 aromatic heterocycles. The van der Waals surface area contributed by atoms with Crippen LogP contribution in [0.4, 0.5) is 0 Å². The maximum Gasteiger partial charge on any atom is 0.158 e. The van der Waals surface area contributed by atoms with Crippen LogP contribution in [0.5, 0.6) is 5.75 Å². The minimum Gasteiger partial charge on any atom is -0.497 e. The van der Waals surface area contributed by atoms with Crippen molar-refractivity contribution in [3.8, 4) is 5.75 Å². The van der Waals surface area contributed by atoms with E-state index in [0.29, 0.717) is 12.2 Å². The number of aryl methyl sites for hydroxylation is 1. The van der Waals surface area contributed by atoms with Crippen molar-refractivity contribution in [2.45, 2.75) is 77.9 Å². The molecule has 2 aliphatic carbocycles. The molecule has 1 unspecified atom stereocenters. The molecule has 0 radical (unpaired) electrons. The number of carbonyl (C=O) groups excluding carboxylic acids is 1. The fourth-order valence-electron chi connectivity index (χ4n) is 4.58. The van der Waals surface area contributed by atoms with Crippen molar-refractivity contribution in [1.82, 2.24) is 0 Å². The van der Waals surface area contributed by atoms with Crippen LogP contribution in [-0.2, 0) is 16.0 Å². The largest absolute Gasteiger partial charge is 0.497 e. The Balaban J connectivity index is 1.82. The monoisotopic (exact) mass is 356 g/mol. The topological polar surface area (TPSA) is 35.5 Å². The van der Waals surface area contributed by atoms with E-state index < -0.39 is 0 Å². The zero-order valence-corrected chi connectivity index (χ0v) is 16.9. The molecule has 3 rings (SSSR count). The standard InChI is InChI=1S/C23H32O3/c1-22(2,3)26-21-12-11-19-18(20(24)13-14-23(19,21)4)10-9-16-7-6-8-17(15-16)25-5/h6-8,15,21H,9-14H2,1-5H3/t21-,23?/m1/s1. The minimum absolute atomic E-state index is 0.0188. The molecule has 0 amide bonds. The highest BCUT2D eigenvalue weighted by atomic mass is 16.5. The summed E-state index contributed by atoms with van der Waals surface area (Å²) in [6, 6.07) is 8.15. The van der Waals surface area contributed by atoms with Crippen molar-refractivity contribution >= 4 is 5.78 Å². The van der Waals surface area contributed by atoms with E-state index in [-0.39, 0.29) is 17.1 Å². The number of ether oxygens (including phenoxy) is 2. The zero-order chi connectivity index (χ0) is 18.9. The third-order valence-electron chi connectivity index (χ3n) is 5.92. The molecule has 0 heterocycles. The van der Waals surface area contributed by atoms with Crippen LogP contribution in [-0.4, -0.2) is 24.6 Å². The Morgan fingerprint density at radius 2 is 1.96 bits per heavy atom. The van der Waals surface area contributed by atoms with E-state index in [4.69, 9.17) is 9.47 Å². The minimum atomic E-state index is -0.147. The third-order valence-corrected chi connectivity index (χ3v) is 5.92. The summed E-state index contributed by atoms with van der Waals surface area (Å²) in [5.74, 6) is 1.22. The Bertz CT molecular complexity index is 710. The Kier molecular flexibility index (Phi) is 5.30. The van der Waals surface area contributed by atoms with Crippen molar-refractivity contribution in [2.24, 2.45) is 5.41 Å². The summed E-state index contributed by atoms with van der Waals surface area (Å²) >= 11 is 0. The number of carbonyl (C=O) groups is 1. The first-order valence-corrected chi connectivity index (χ1v) is 9.79. The van der Waals surface area contributed by atoms with Gasteiger partial charge in [-0.15, -0.1) is 0 Å². The second kappa shape index (κ2) is 7.19. The second-order valence-electron chi connectivity index (χ2n) is 8.91. The lowest BCUT2D eigenvalue weighted by molar-refractivity contribution is -0.120. The number of rotatable bonds is 5. The Morgan fingerprint density at radius 3 is 2.65 bits per heavy atom. The average Bonchev–Trinajstić information content (AvgIpc) is 2.90. The van der Waals surface area contributed by atoms with Gasteiger partial charge in [-0.1, -0.05) is 24.6 Å². The van der Waals surface area contributed by atoms with Crippen LogP contribution in [0.25, 0.3) is 0 Å². The molecule has 1 fully saturated rings.